The van der Waals surface area contributed by atoms with Crippen LogP contribution in [0.1, 0.15) is 16.9 Å². The predicted molar refractivity (Wildman–Crippen MR) is 114 cm³/mol. The Morgan fingerprint density at radius 3 is 2.43 bits per heavy atom. The van der Waals surface area contributed by atoms with Gasteiger partial charge in [0.05, 0.1) is 26.8 Å². The highest BCUT2D eigenvalue weighted by Crippen LogP contribution is 2.51. The van der Waals surface area contributed by atoms with E-state index in [2.05, 4.69) is 5.16 Å². The van der Waals surface area contributed by atoms with E-state index in [1.807, 2.05) is 56.6 Å². The van der Waals surface area contributed by atoms with E-state index in [9.17, 15) is 9.59 Å². The molecule has 0 fully saturated rings. The van der Waals surface area contributed by atoms with E-state index in [0.29, 0.717) is 34.0 Å². The van der Waals surface area contributed by atoms with Gasteiger partial charge in [0.2, 0.25) is 0 Å². The largest absolute Gasteiger partial charge is 0.497 e. The Morgan fingerprint density at radius 1 is 1.10 bits per heavy atom. The summed E-state index contributed by atoms with van der Waals surface area (Å²) in [5.74, 6) is -0.656. The van der Waals surface area contributed by atoms with Crippen molar-refractivity contribution in [3.63, 3.8) is 0 Å². The second kappa shape index (κ2) is 6.96. The number of carbonyl (C=O) groups excluding carboxylic acids is 2. The van der Waals surface area contributed by atoms with Gasteiger partial charge < -0.3 is 15.0 Å². The lowest BCUT2D eigenvalue weighted by atomic mass is 9.95. The second-order valence-corrected chi connectivity index (χ2v) is 7.58. The molecule has 0 radical (unpaired) electrons. The molecular formula is C23H22N3O4+. The zero-order chi connectivity index (χ0) is 21.6. The van der Waals surface area contributed by atoms with Gasteiger partial charge in [0.1, 0.15) is 34.0 Å². The van der Waals surface area contributed by atoms with Crippen molar-refractivity contribution in [1.82, 2.24) is 9.64 Å². The summed E-state index contributed by atoms with van der Waals surface area (Å²) in [4.78, 5) is 25.0. The van der Waals surface area contributed by atoms with Crippen LogP contribution >= 0.6 is 0 Å². The SMILES string of the molecule is COc1ccc2c(c1)C(C(=O)C(N)=O)=C(c1c(-c3ccccc3)noc1C)[N+]2(C)C. The molecule has 1 aliphatic rings. The lowest BCUT2D eigenvalue weighted by molar-refractivity contribution is -0.132. The quantitative estimate of drug-likeness (QED) is 0.521. The van der Waals surface area contributed by atoms with Crippen LogP contribution in [0.15, 0.2) is 53.1 Å². The fourth-order valence-electron chi connectivity index (χ4n) is 4.06. The van der Waals surface area contributed by atoms with Crippen LogP contribution in [-0.4, -0.2) is 38.1 Å². The number of hydrogen-bond donors (Lipinski definition) is 1. The van der Waals surface area contributed by atoms with Gasteiger partial charge in [-0.25, -0.2) is 0 Å². The van der Waals surface area contributed by atoms with Crippen molar-refractivity contribution in [2.75, 3.05) is 21.2 Å². The minimum atomic E-state index is -1.02. The monoisotopic (exact) mass is 404 g/mol. The van der Waals surface area contributed by atoms with Gasteiger partial charge in [-0.05, 0) is 19.1 Å². The van der Waals surface area contributed by atoms with Crippen molar-refractivity contribution in [2.45, 2.75) is 6.92 Å². The number of aromatic nitrogens is 1. The molecule has 0 saturated heterocycles. The van der Waals surface area contributed by atoms with Crippen molar-refractivity contribution in [1.29, 1.82) is 0 Å². The predicted octanol–water partition coefficient (Wildman–Crippen LogP) is 3.16. The number of fused-ring (bicyclic) bond motifs is 1. The van der Waals surface area contributed by atoms with Crippen molar-refractivity contribution >= 4 is 28.6 Å². The van der Waals surface area contributed by atoms with Crippen LogP contribution in [0, 0.1) is 6.92 Å². The maximum atomic E-state index is 13.0. The number of aryl methyl sites for hydroxylation is 1. The van der Waals surface area contributed by atoms with E-state index in [4.69, 9.17) is 15.0 Å². The highest BCUT2D eigenvalue weighted by molar-refractivity contribution is 6.56. The van der Waals surface area contributed by atoms with Crippen molar-refractivity contribution in [3.05, 3.63) is 65.4 Å². The molecule has 0 spiro atoms. The van der Waals surface area contributed by atoms with Gasteiger partial charge in [-0.1, -0.05) is 35.5 Å². The normalized spacial score (nSPS) is 14.5. The number of rotatable bonds is 5. The molecule has 2 heterocycles. The van der Waals surface area contributed by atoms with Crippen LogP contribution in [0.25, 0.3) is 22.5 Å². The number of Topliss-reactive ketones (excluding diaryl/α,β-unsaturated/α-hetero) is 1. The Morgan fingerprint density at radius 2 is 1.80 bits per heavy atom. The standard InChI is InChI=1S/C23H21N3O4/c1-13-18(20(25-30-13)14-8-6-5-7-9-14)21-19(22(27)23(24)28)16-12-15(29-4)10-11-17(16)26(21,2)3/h5-12H,1-4H3,(H-,24,28)/p+1. The highest BCUT2D eigenvalue weighted by atomic mass is 16.5. The lowest BCUT2D eigenvalue weighted by Crippen LogP contribution is -2.37. The summed E-state index contributed by atoms with van der Waals surface area (Å²) in [6, 6.07) is 15.0. The lowest BCUT2D eigenvalue weighted by Gasteiger charge is -2.27. The fraction of sp³-hybridized carbons (Fsp3) is 0.174. The minimum absolute atomic E-state index is 0.218. The van der Waals surface area contributed by atoms with Gasteiger partial charge in [-0.2, -0.15) is 0 Å². The molecule has 152 valence electrons. The molecule has 1 aromatic heterocycles. The molecule has 3 aromatic rings. The van der Waals surface area contributed by atoms with E-state index < -0.39 is 11.7 Å². The average molecular weight is 404 g/mol. The molecule has 7 heteroatoms. The number of benzene rings is 2. The third-order valence-electron chi connectivity index (χ3n) is 5.47. The number of nitrogens with zero attached hydrogens (tertiary/aromatic N) is 2. The Balaban J connectivity index is 2.09. The van der Waals surface area contributed by atoms with Crippen LogP contribution in [0.5, 0.6) is 5.75 Å². The molecule has 4 rings (SSSR count). The third kappa shape index (κ3) is 2.83. The first-order valence-corrected chi connectivity index (χ1v) is 9.41. The number of carbonyl (C=O) groups is 2. The first-order valence-electron chi connectivity index (χ1n) is 9.41. The number of ketones is 1. The van der Waals surface area contributed by atoms with Crippen LogP contribution < -0.4 is 15.0 Å². The van der Waals surface area contributed by atoms with Gasteiger partial charge in [-0.3, -0.25) is 14.1 Å². The molecule has 1 aliphatic heterocycles. The Hall–Kier alpha value is -3.71. The van der Waals surface area contributed by atoms with Gasteiger partial charge in [0, 0.05) is 11.6 Å². The molecule has 1 amide bonds. The zero-order valence-corrected chi connectivity index (χ0v) is 17.2. The van der Waals surface area contributed by atoms with E-state index in [1.165, 1.54) is 0 Å². The van der Waals surface area contributed by atoms with Crippen molar-refractivity contribution in [2.24, 2.45) is 5.73 Å². The summed E-state index contributed by atoms with van der Waals surface area (Å²) < 4.78 is 11.1. The molecule has 2 N–H and O–H groups in total. The molecular weight excluding hydrogens is 382 g/mol. The van der Waals surface area contributed by atoms with Crippen LogP contribution in [0.2, 0.25) is 0 Å². The molecule has 0 saturated carbocycles. The molecule has 7 nitrogen and oxygen atoms in total. The Kier molecular flexibility index (Phi) is 4.55. The molecule has 0 atom stereocenters. The van der Waals surface area contributed by atoms with E-state index in [0.717, 1.165) is 11.3 Å². The number of primary amides is 1. The number of methoxy groups -OCH3 is 1. The number of ether oxygens (including phenoxy) is 1. The van der Waals surface area contributed by atoms with E-state index in [1.54, 1.807) is 20.1 Å². The summed E-state index contributed by atoms with van der Waals surface area (Å²) >= 11 is 0. The summed E-state index contributed by atoms with van der Waals surface area (Å²) in [6.07, 6.45) is 0. The third-order valence-corrected chi connectivity index (χ3v) is 5.47. The van der Waals surface area contributed by atoms with E-state index >= 15 is 0 Å². The topological polar surface area (TPSA) is 95.4 Å². The van der Waals surface area contributed by atoms with Gasteiger partial charge in [0.25, 0.3) is 11.7 Å². The maximum absolute atomic E-state index is 13.0. The van der Waals surface area contributed by atoms with Gasteiger partial charge >= 0.3 is 0 Å². The number of hydrogen-bond acceptors (Lipinski definition) is 5. The van der Waals surface area contributed by atoms with E-state index in [-0.39, 0.29) is 10.1 Å². The smallest absolute Gasteiger partial charge is 0.290 e. The van der Waals surface area contributed by atoms with Crippen LogP contribution in [0.4, 0.5) is 5.69 Å². The second-order valence-electron chi connectivity index (χ2n) is 7.58. The maximum Gasteiger partial charge on any atom is 0.290 e. The molecule has 0 aliphatic carbocycles. The molecule has 0 bridgehead atoms. The number of quaternary nitrogens is 1. The van der Waals surface area contributed by atoms with Crippen molar-refractivity contribution in [3.8, 4) is 17.0 Å². The average Bonchev–Trinajstić information content (AvgIpc) is 3.21. The highest BCUT2D eigenvalue weighted by Gasteiger charge is 2.47. The Labute approximate surface area is 173 Å². The van der Waals surface area contributed by atoms with Crippen LogP contribution in [-0.2, 0) is 9.59 Å². The summed E-state index contributed by atoms with van der Waals surface area (Å²) in [7, 11) is 5.45. The fourth-order valence-corrected chi connectivity index (χ4v) is 4.06. The Bertz CT molecular complexity index is 1210. The number of nitrogens with two attached hydrogens (primary N) is 1. The minimum Gasteiger partial charge on any atom is -0.497 e. The zero-order valence-electron chi connectivity index (χ0n) is 17.2. The number of amides is 1. The molecule has 2 aromatic carbocycles. The van der Waals surface area contributed by atoms with Crippen LogP contribution in [0.3, 0.4) is 0 Å². The first-order chi connectivity index (χ1) is 14.3. The summed E-state index contributed by atoms with van der Waals surface area (Å²) in [5, 5.41) is 4.26. The van der Waals surface area contributed by atoms with Crippen molar-refractivity contribution < 1.29 is 18.8 Å². The first kappa shape index (κ1) is 19.6. The summed E-state index contributed by atoms with van der Waals surface area (Å²) in [5.41, 5.74) is 9.85. The van der Waals surface area contributed by atoms with Gasteiger partial charge in [0.15, 0.2) is 5.70 Å². The molecule has 0 unspecified atom stereocenters. The summed E-state index contributed by atoms with van der Waals surface area (Å²) in [6.45, 7) is 1.79. The van der Waals surface area contributed by atoms with Gasteiger partial charge in [-0.15, -0.1) is 0 Å². The molecule has 30 heavy (non-hydrogen) atoms.